The maximum Gasteiger partial charge on any atom is 0.276 e. The average Bonchev–Trinajstić information content (AvgIpc) is 3.04. The van der Waals surface area contributed by atoms with E-state index in [9.17, 15) is 14.0 Å². The van der Waals surface area contributed by atoms with Crippen LogP contribution in [0.3, 0.4) is 0 Å². The van der Waals surface area contributed by atoms with Gasteiger partial charge in [0.1, 0.15) is 5.82 Å². The molecule has 28 heavy (non-hydrogen) atoms. The molecule has 2 heterocycles. The fraction of sp³-hybridized carbons (Fsp3) is 0.150. The van der Waals surface area contributed by atoms with E-state index in [4.69, 9.17) is 11.6 Å². The lowest BCUT2D eigenvalue weighted by Gasteiger charge is -2.18. The number of carbonyl (C=O) groups excluding carboxylic acids is 2. The number of amides is 2. The lowest BCUT2D eigenvalue weighted by atomic mass is 10.0. The Labute approximate surface area is 165 Å². The zero-order valence-corrected chi connectivity index (χ0v) is 15.7. The number of halogens is 2. The van der Waals surface area contributed by atoms with E-state index in [-0.39, 0.29) is 17.3 Å². The molecule has 0 fully saturated rings. The summed E-state index contributed by atoms with van der Waals surface area (Å²) in [6, 6.07) is 11.5. The molecular formula is C20H16ClFN4O2. The summed E-state index contributed by atoms with van der Waals surface area (Å²) >= 11 is 6.02. The topological polar surface area (TPSA) is 76.0 Å². The number of anilines is 2. The number of hydrogen-bond donors (Lipinski definition) is 2. The zero-order valence-electron chi connectivity index (χ0n) is 14.9. The van der Waals surface area contributed by atoms with Crippen LogP contribution in [0.2, 0.25) is 5.02 Å². The highest BCUT2D eigenvalue weighted by atomic mass is 35.5. The molecule has 2 aromatic carbocycles. The predicted molar refractivity (Wildman–Crippen MR) is 105 cm³/mol. The van der Waals surface area contributed by atoms with Gasteiger partial charge in [0, 0.05) is 22.8 Å². The molecule has 1 aliphatic rings. The lowest BCUT2D eigenvalue weighted by molar-refractivity contribution is -0.116. The van der Waals surface area contributed by atoms with Gasteiger partial charge in [0.25, 0.3) is 5.91 Å². The second-order valence-electron chi connectivity index (χ2n) is 6.55. The molecule has 4 rings (SSSR count). The van der Waals surface area contributed by atoms with Crippen molar-refractivity contribution < 1.29 is 14.0 Å². The first kappa shape index (κ1) is 18.2. The molecule has 1 aromatic heterocycles. The first-order chi connectivity index (χ1) is 13.4. The summed E-state index contributed by atoms with van der Waals surface area (Å²) in [6.07, 6.45) is 0.822. The highest BCUT2D eigenvalue weighted by Gasteiger charge is 2.20. The number of fused-ring (bicyclic) bond motifs is 1. The number of rotatable bonds is 3. The fourth-order valence-electron chi connectivity index (χ4n) is 3.14. The summed E-state index contributed by atoms with van der Waals surface area (Å²) in [5.41, 5.74) is 2.88. The van der Waals surface area contributed by atoms with Gasteiger partial charge in [-0.05, 0) is 55.3 Å². The molecular weight excluding hydrogens is 383 g/mol. The maximum atomic E-state index is 14.4. The maximum absolute atomic E-state index is 14.4. The van der Waals surface area contributed by atoms with Gasteiger partial charge in [0.15, 0.2) is 5.69 Å². The molecule has 1 aliphatic heterocycles. The van der Waals surface area contributed by atoms with Crippen molar-refractivity contribution in [1.82, 2.24) is 9.78 Å². The van der Waals surface area contributed by atoms with Gasteiger partial charge < -0.3 is 10.6 Å². The highest BCUT2D eigenvalue weighted by molar-refractivity contribution is 6.30. The lowest BCUT2D eigenvalue weighted by Crippen LogP contribution is -2.20. The fourth-order valence-corrected chi connectivity index (χ4v) is 3.32. The van der Waals surface area contributed by atoms with E-state index in [1.165, 1.54) is 6.07 Å². The van der Waals surface area contributed by atoms with Crippen LogP contribution < -0.4 is 10.6 Å². The Kier molecular flexibility index (Phi) is 4.60. The molecule has 2 N–H and O–H groups in total. The second-order valence-corrected chi connectivity index (χ2v) is 6.99. The summed E-state index contributed by atoms with van der Waals surface area (Å²) in [7, 11) is 0. The molecule has 3 aromatic rings. The monoisotopic (exact) mass is 398 g/mol. The largest absolute Gasteiger partial charge is 0.326 e. The van der Waals surface area contributed by atoms with E-state index >= 15 is 0 Å². The Morgan fingerprint density at radius 3 is 2.86 bits per heavy atom. The van der Waals surface area contributed by atoms with Crippen molar-refractivity contribution in [2.45, 2.75) is 19.8 Å². The highest BCUT2D eigenvalue weighted by Crippen LogP contribution is 2.29. The van der Waals surface area contributed by atoms with Gasteiger partial charge in [0.2, 0.25) is 5.91 Å². The Hall–Kier alpha value is -3.19. The van der Waals surface area contributed by atoms with Gasteiger partial charge in [0.05, 0.1) is 11.4 Å². The number of benzene rings is 2. The quantitative estimate of drug-likeness (QED) is 0.697. The Morgan fingerprint density at radius 2 is 2.07 bits per heavy atom. The molecule has 0 spiro atoms. The zero-order chi connectivity index (χ0) is 19.8. The molecule has 0 radical (unpaired) electrons. The number of nitrogens with one attached hydrogen (secondary N) is 2. The summed E-state index contributed by atoms with van der Waals surface area (Å²) in [5.74, 6) is -1.30. The second kappa shape index (κ2) is 7.09. The average molecular weight is 399 g/mol. The van der Waals surface area contributed by atoms with Crippen molar-refractivity contribution in [2.24, 2.45) is 0 Å². The van der Waals surface area contributed by atoms with Crippen LogP contribution >= 0.6 is 11.6 Å². The van der Waals surface area contributed by atoms with Crippen molar-refractivity contribution in [2.75, 3.05) is 10.6 Å². The molecule has 142 valence electrons. The van der Waals surface area contributed by atoms with Crippen molar-refractivity contribution in [3.05, 3.63) is 70.3 Å². The minimum atomic E-state index is -0.625. The third-order valence-corrected chi connectivity index (χ3v) is 4.74. The molecule has 0 unspecified atom stereocenters. The minimum absolute atomic E-state index is 0.0508. The minimum Gasteiger partial charge on any atom is -0.326 e. The summed E-state index contributed by atoms with van der Waals surface area (Å²) < 4.78 is 16.0. The van der Waals surface area contributed by atoms with Crippen LogP contribution in [-0.2, 0) is 11.2 Å². The normalized spacial score (nSPS) is 13.0. The van der Waals surface area contributed by atoms with Crippen LogP contribution in [0.5, 0.6) is 0 Å². The molecule has 6 nitrogen and oxygen atoms in total. The van der Waals surface area contributed by atoms with E-state index in [1.54, 1.807) is 35.0 Å². The number of aryl methyl sites for hydroxylation is 2. The third-order valence-electron chi connectivity index (χ3n) is 4.51. The molecule has 0 aliphatic carbocycles. The van der Waals surface area contributed by atoms with Crippen LogP contribution in [0.15, 0.2) is 42.5 Å². The van der Waals surface area contributed by atoms with E-state index < -0.39 is 11.7 Å². The SMILES string of the molecule is Cc1cc(C(=O)Nc2cc3c(cc2F)NC(=O)CC3)nn1-c1cccc(Cl)c1. The van der Waals surface area contributed by atoms with Gasteiger partial charge in [-0.3, -0.25) is 9.59 Å². The van der Waals surface area contributed by atoms with Crippen LogP contribution in [0, 0.1) is 12.7 Å². The van der Waals surface area contributed by atoms with Gasteiger partial charge in [-0.2, -0.15) is 5.10 Å². The van der Waals surface area contributed by atoms with Crippen LogP contribution in [0.25, 0.3) is 5.69 Å². The van der Waals surface area contributed by atoms with Gasteiger partial charge in [-0.25, -0.2) is 9.07 Å². The molecule has 0 saturated carbocycles. The molecule has 0 saturated heterocycles. The summed E-state index contributed by atoms with van der Waals surface area (Å²) in [6.45, 7) is 1.81. The van der Waals surface area contributed by atoms with Gasteiger partial charge in [-0.15, -0.1) is 0 Å². The third kappa shape index (κ3) is 3.48. The van der Waals surface area contributed by atoms with Gasteiger partial charge >= 0.3 is 0 Å². The molecule has 8 heteroatoms. The number of nitrogens with zero attached hydrogens (tertiary/aromatic N) is 2. The first-order valence-electron chi connectivity index (χ1n) is 8.67. The van der Waals surface area contributed by atoms with Crippen LogP contribution in [0.1, 0.15) is 28.2 Å². The Balaban J connectivity index is 1.60. The smallest absolute Gasteiger partial charge is 0.276 e. The van der Waals surface area contributed by atoms with Crippen molar-refractivity contribution in [3.63, 3.8) is 0 Å². The molecule has 0 bridgehead atoms. The van der Waals surface area contributed by atoms with E-state index in [0.717, 1.165) is 16.9 Å². The van der Waals surface area contributed by atoms with E-state index in [1.807, 2.05) is 13.0 Å². The van der Waals surface area contributed by atoms with E-state index in [2.05, 4.69) is 15.7 Å². The Bertz CT molecular complexity index is 1110. The summed E-state index contributed by atoms with van der Waals surface area (Å²) in [4.78, 5) is 24.0. The first-order valence-corrected chi connectivity index (χ1v) is 9.05. The standard InChI is InChI=1S/C20H16ClFN4O2/c1-11-7-18(25-26(11)14-4-2-3-13(21)9-14)20(28)24-17-8-12-5-6-19(27)23-16(12)10-15(17)22/h2-4,7-10H,5-6H2,1H3,(H,23,27)(H,24,28). The van der Waals surface area contributed by atoms with Crippen molar-refractivity contribution >= 4 is 34.8 Å². The Morgan fingerprint density at radius 1 is 1.25 bits per heavy atom. The van der Waals surface area contributed by atoms with Crippen molar-refractivity contribution in [3.8, 4) is 5.69 Å². The van der Waals surface area contributed by atoms with E-state index in [0.29, 0.717) is 23.6 Å². The number of aromatic nitrogens is 2. The van der Waals surface area contributed by atoms with Gasteiger partial charge in [-0.1, -0.05) is 17.7 Å². The summed E-state index contributed by atoms with van der Waals surface area (Å²) in [5, 5.41) is 10.1. The number of hydrogen-bond acceptors (Lipinski definition) is 3. The predicted octanol–water partition coefficient (Wildman–Crippen LogP) is 4.11. The van der Waals surface area contributed by atoms with Crippen LogP contribution in [-0.4, -0.2) is 21.6 Å². The van der Waals surface area contributed by atoms with Crippen molar-refractivity contribution in [1.29, 1.82) is 0 Å². The number of carbonyl (C=O) groups is 2. The molecule has 2 amide bonds. The molecule has 0 atom stereocenters. The van der Waals surface area contributed by atoms with Crippen LogP contribution in [0.4, 0.5) is 15.8 Å².